The number of hydrogen-bond acceptors (Lipinski definition) is 2. The van der Waals surface area contributed by atoms with Gasteiger partial charge in [-0.15, -0.1) is 12.4 Å². The highest BCUT2D eigenvalue weighted by Crippen LogP contribution is 2.24. The van der Waals surface area contributed by atoms with Crippen LogP contribution in [0.1, 0.15) is 32.3 Å². The van der Waals surface area contributed by atoms with Gasteiger partial charge in [-0.2, -0.15) is 0 Å². The topological polar surface area (TPSA) is 46.3 Å². The molecule has 2 N–H and O–H groups in total. The van der Waals surface area contributed by atoms with Crippen molar-refractivity contribution >= 4 is 18.3 Å². The van der Waals surface area contributed by atoms with E-state index < -0.39 is 0 Å². The normalized spacial score (nSPS) is 20.8. The lowest BCUT2D eigenvalue weighted by Crippen LogP contribution is -2.44. The van der Waals surface area contributed by atoms with Crippen LogP contribution in [0.2, 0.25) is 0 Å². The number of rotatable bonds is 4. The van der Waals surface area contributed by atoms with Crippen molar-refractivity contribution < 1.29 is 9.18 Å². The van der Waals surface area contributed by atoms with Crippen molar-refractivity contribution in [3.05, 3.63) is 35.6 Å². The number of likely N-dealkylation sites (tertiary alicyclic amines) is 1. The Kier molecular flexibility index (Phi) is 6.62. The van der Waals surface area contributed by atoms with Gasteiger partial charge in [0, 0.05) is 18.6 Å². The van der Waals surface area contributed by atoms with E-state index in [0.717, 1.165) is 31.4 Å². The molecule has 3 atom stereocenters. The van der Waals surface area contributed by atoms with Crippen molar-refractivity contribution in [2.75, 3.05) is 6.54 Å². The standard InChI is InChI=1S/C16H23FN2O.ClH/c1-11(12(2)18)16(20)19-8-4-7-15(19)10-13-5-3-6-14(17)9-13;/h3,5-6,9,11-12,15H,4,7-8,10,18H2,1-2H3;1H. The molecule has 0 bridgehead atoms. The molecule has 1 fully saturated rings. The Morgan fingerprint density at radius 3 is 2.81 bits per heavy atom. The Morgan fingerprint density at radius 2 is 2.19 bits per heavy atom. The maximum atomic E-state index is 13.2. The smallest absolute Gasteiger partial charge is 0.227 e. The van der Waals surface area contributed by atoms with E-state index in [2.05, 4.69) is 0 Å². The van der Waals surface area contributed by atoms with Gasteiger partial charge in [-0.3, -0.25) is 4.79 Å². The van der Waals surface area contributed by atoms with Crippen molar-refractivity contribution in [3.8, 4) is 0 Å². The molecule has 5 heteroatoms. The van der Waals surface area contributed by atoms with Crippen LogP contribution < -0.4 is 5.73 Å². The monoisotopic (exact) mass is 314 g/mol. The molecule has 2 rings (SSSR count). The van der Waals surface area contributed by atoms with Crippen molar-refractivity contribution in [1.29, 1.82) is 0 Å². The summed E-state index contributed by atoms with van der Waals surface area (Å²) in [6.45, 7) is 4.53. The third-order valence-electron chi connectivity index (χ3n) is 4.20. The second-order valence-electron chi connectivity index (χ2n) is 5.81. The molecule has 1 heterocycles. The Morgan fingerprint density at radius 1 is 1.48 bits per heavy atom. The summed E-state index contributed by atoms with van der Waals surface area (Å²) < 4.78 is 13.2. The summed E-state index contributed by atoms with van der Waals surface area (Å²) in [4.78, 5) is 14.4. The van der Waals surface area contributed by atoms with Crippen molar-refractivity contribution in [1.82, 2.24) is 4.90 Å². The first kappa shape index (κ1) is 17.9. The summed E-state index contributed by atoms with van der Waals surface area (Å²) in [6, 6.07) is 6.66. The van der Waals surface area contributed by atoms with Crippen LogP contribution in [-0.2, 0) is 11.2 Å². The molecule has 0 spiro atoms. The first-order chi connectivity index (χ1) is 9.49. The molecule has 0 radical (unpaired) electrons. The largest absolute Gasteiger partial charge is 0.339 e. The molecule has 3 unspecified atom stereocenters. The van der Waals surface area contributed by atoms with Crippen LogP contribution in [0.3, 0.4) is 0 Å². The molecule has 118 valence electrons. The van der Waals surface area contributed by atoms with Gasteiger partial charge in [0.15, 0.2) is 0 Å². The molecule has 21 heavy (non-hydrogen) atoms. The minimum Gasteiger partial charge on any atom is -0.339 e. The molecule has 0 aromatic heterocycles. The molecule has 1 aliphatic heterocycles. The molecule has 1 amide bonds. The maximum Gasteiger partial charge on any atom is 0.227 e. The van der Waals surface area contributed by atoms with Gasteiger partial charge in [0.25, 0.3) is 0 Å². The Labute approximate surface area is 132 Å². The minimum absolute atomic E-state index is 0. The van der Waals surface area contributed by atoms with E-state index in [4.69, 9.17) is 5.73 Å². The van der Waals surface area contributed by atoms with E-state index in [1.54, 1.807) is 12.1 Å². The summed E-state index contributed by atoms with van der Waals surface area (Å²) in [5.41, 5.74) is 6.77. The van der Waals surface area contributed by atoms with Gasteiger partial charge in [0.05, 0.1) is 5.92 Å². The van der Waals surface area contributed by atoms with Crippen LogP contribution in [-0.4, -0.2) is 29.4 Å². The number of nitrogens with two attached hydrogens (primary N) is 1. The SMILES string of the molecule is CC(N)C(C)C(=O)N1CCCC1Cc1cccc(F)c1.Cl. The van der Waals surface area contributed by atoms with Crippen LogP contribution in [0.15, 0.2) is 24.3 Å². The van der Waals surface area contributed by atoms with E-state index in [-0.39, 0.29) is 42.1 Å². The van der Waals surface area contributed by atoms with Gasteiger partial charge >= 0.3 is 0 Å². The van der Waals surface area contributed by atoms with E-state index in [1.165, 1.54) is 6.07 Å². The lowest BCUT2D eigenvalue weighted by atomic mass is 10.00. The summed E-state index contributed by atoms with van der Waals surface area (Å²) in [5.74, 6) is -0.260. The zero-order chi connectivity index (χ0) is 14.7. The summed E-state index contributed by atoms with van der Waals surface area (Å²) in [6.07, 6.45) is 2.71. The fraction of sp³-hybridized carbons (Fsp3) is 0.562. The molecule has 3 nitrogen and oxygen atoms in total. The Bertz CT molecular complexity index is 481. The van der Waals surface area contributed by atoms with Crippen LogP contribution in [0.25, 0.3) is 0 Å². The lowest BCUT2D eigenvalue weighted by Gasteiger charge is -2.29. The zero-order valence-electron chi connectivity index (χ0n) is 12.6. The molecule has 1 aromatic rings. The summed E-state index contributed by atoms with van der Waals surface area (Å²) in [7, 11) is 0. The highest BCUT2D eigenvalue weighted by Gasteiger charge is 2.32. The molecule has 1 aromatic carbocycles. The number of carbonyl (C=O) groups is 1. The summed E-state index contributed by atoms with van der Waals surface area (Å²) in [5, 5.41) is 0. The van der Waals surface area contributed by atoms with Crippen LogP contribution in [0.4, 0.5) is 4.39 Å². The third kappa shape index (κ3) is 4.42. The van der Waals surface area contributed by atoms with Crippen LogP contribution >= 0.6 is 12.4 Å². The van der Waals surface area contributed by atoms with Gasteiger partial charge in [-0.05, 0) is 43.9 Å². The van der Waals surface area contributed by atoms with Crippen LogP contribution in [0, 0.1) is 11.7 Å². The van der Waals surface area contributed by atoms with Gasteiger partial charge in [0.1, 0.15) is 5.82 Å². The van der Waals surface area contributed by atoms with Gasteiger partial charge < -0.3 is 10.6 Å². The van der Waals surface area contributed by atoms with Crippen molar-refractivity contribution in [2.45, 2.75) is 45.2 Å². The average molecular weight is 315 g/mol. The first-order valence-corrected chi connectivity index (χ1v) is 7.29. The first-order valence-electron chi connectivity index (χ1n) is 7.29. The average Bonchev–Trinajstić information content (AvgIpc) is 2.85. The Balaban J connectivity index is 0.00000220. The van der Waals surface area contributed by atoms with Gasteiger partial charge in [0.2, 0.25) is 5.91 Å². The number of benzene rings is 1. The fourth-order valence-electron chi connectivity index (χ4n) is 2.76. The molecule has 0 aliphatic carbocycles. The third-order valence-corrected chi connectivity index (χ3v) is 4.20. The van der Waals surface area contributed by atoms with E-state index in [9.17, 15) is 9.18 Å². The predicted molar refractivity (Wildman–Crippen MR) is 84.9 cm³/mol. The molecular formula is C16H24ClFN2O. The maximum absolute atomic E-state index is 13.2. The minimum atomic E-state index is -0.220. The lowest BCUT2D eigenvalue weighted by molar-refractivity contribution is -0.136. The van der Waals surface area contributed by atoms with Crippen molar-refractivity contribution in [3.63, 3.8) is 0 Å². The Hall–Kier alpha value is -1.13. The highest BCUT2D eigenvalue weighted by molar-refractivity contribution is 5.85. The van der Waals surface area contributed by atoms with Crippen molar-refractivity contribution in [2.24, 2.45) is 11.7 Å². The van der Waals surface area contributed by atoms with Gasteiger partial charge in [-0.25, -0.2) is 4.39 Å². The number of nitrogens with zero attached hydrogens (tertiary/aromatic N) is 1. The predicted octanol–water partition coefficient (Wildman–Crippen LogP) is 2.76. The number of amides is 1. The molecular weight excluding hydrogens is 291 g/mol. The van der Waals surface area contributed by atoms with Gasteiger partial charge in [-0.1, -0.05) is 19.1 Å². The molecule has 0 saturated carbocycles. The second kappa shape index (κ2) is 7.76. The zero-order valence-corrected chi connectivity index (χ0v) is 13.4. The van der Waals surface area contributed by atoms with E-state index in [0.29, 0.717) is 0 Å². The fourth-order valence-corrected chi connectivity index (χ4v) is 2.76. The van der Waals surface area contributed by atoms with E-state index >= 15 is 0 Å². The second-order valence-corrected chi connectivity index (χ2v) is 5.81. The quantitative estimate of drug-likeness (QED) is 0.929. The van der Waals surface area contributed by atoms with Crippen LogP contribution in [0.5, 0.6) is 0 Å². The molecule has 1 aliphatic rings. The highest BCUT2D eigenvalue weighted by atomic mass is 35.5. The molecule has 1 saturated heterocycles. The number of carbonyl (C=O) groups excluding carboxylic acids is 1. The summed E-state index contributed by atoms with van der Waals surface area (Å²) >= 11 is 0. The number of hydrogen-bond donors (Lipinski definition) is 1. The number of halogens is 2. The van der Waals surface area contributed by atoms with E-state index in [1.807, 2.05) is 24.8 Å².